The van der Waals surface area contributed by atoms with E-state index in [9.17, 15) is 19.4 Å². The van der Waals surface area contributed by atoms with Crippen molar-refractivity contribution in [3.05, 3.63) is 60.2 Å². The number of hydrogen-bond donors (Lipinski definition) is 4. The molecule has 11 nitrogen and oxygen atoms in total. The average molecular weight is 505 g/mol. The number of aliphatic hydroxyl groups is 2. The Labute approximate surface area is 210 Å². The third-order valence-electron chi connectivity index (χ3n) is 7.44. The summed E-state index contributed by atoms with van der Waals surface area (Å²) in [5.74, 6) is -0.520. The summed E-state index contributed by atoms with van der Waals surface area (Å²) in [4.78, 5) is 34.6. The number of aromatic nitrogens is 6. The number of aliphatic hydroxyl groups excluding tert-OH is 2. The Kier molecular flexibility index (Phi) is 5.39. The summed E-state index contributed by atoms with van der Waals surface area (Å²) in [7, 11) is 1.51. The molecule has 2 fully saturated rings. The van der Waals surface area contributed by atoms with Crippen LogP contribution in [0.25, 0.3) is 22.6 Å². The molecule has 2 unspecified atom stereocenters. The summed E-state index contributed by atoms with van der Waals surface area (Å²) in [6, 6.07) is 4.51. The number of hydrogen-bond acceptors (Lipinski definition) is 9. The van der Waals surface area contributed by atoms with Gasteiger partial charge in [-0.1, -0.05) is 0 Å². The van der Waals surface area contributed by atoms with Gasteiger partial charge < -0.3 is 25.4 Å². The number of aryl methyl sites for hydroxylation is 1. The molecule has 0 saturated heterocycles. The van der Waals surface area contributed by atoms with Crippen molar-refractivity contribution < 1.29 is 19.4 Å². The standard InChI is InChI=1S/C25H25FN8O3/c1-12-3-4-29-15(5-12)10-30-22-17-23(33-21(32-22)13-6-14(26)9-28-8-13)34(11-31-17)18-16-7-25(16,24(37)27-2)20(36)19(18)35/h3-6,8-9,11,16,18-20,35-36H,7,10H2,1-2H3,(H,27,37)(H,30,32,33)/t16?,18?,19-,20-,25-/m0/s1. The average Bonchev–Trinajstić information content (AvgIpc) is 3.43. The van der Waals surface area contributed by atoms with E-state index in [1.807, 2.05) is 19.1 Å². The van der Waals surface area contributed by atoms with Crippen LogP contribution < -0.4 is 10.6 Å². The van der Waals surface area contributed by atoms with Gasteiger partial charge in [-0.2, -0.15) is 0 Å². The number of nitrogens with zero attached hydrogens (tertiary/aromatic N) is 6. The smallest absolute Gasteiger partial charge is 0.229 e. The Hall–Kier alpha value is -4.03. The molecule has 190 valence electrons. The summed E-state index contributed by atoms with van der Waals surface area (Å²) in [5, 5.41) is 27.6. The molecule has 0 spiro atoms. The van der Waals surface area contributed by atoms with Crippen molar-refractivity contribution in [1.29, 1.82) is 0 Å². The van der Waals surface area contributed by atoms with Crippen LogP contribution in [0.4, 0.5) is 10.2 Å². The van der Waals surface area contributed by atoms with Gasteiger partial charge in [0.15, 0.2) is 17.3 Å². The van der Waals surface area contributed by atoms with E-state index in [1.165, 1.54) is 25.6 Å². The molecule has 5 atom stereocenters. The fourth-order valence-electron chi connectivity index (χ4n) is 5.58. The number of halogens is 1. The first-order valence-corrected chi connectivity index (χ1v) is 11.9. The minimum atomic E-state index is -1.22. The highest BCUT2D eigenvalue weighted by Crippen LogP contribution is 2.67. The van der Waals surface area contributed by atoms with Crippen molar-refractivity contribution in [1.82, 2.24) is 34.8 Å². The van der Waals surface area contributed by atoms with E-state index in [4.69, 9.17) is 0 Å². The predicted octanol–water partition coefficient (Wildman–Crippen LogP) is 1.37. The van der Waals surface area contributed by atoms with E-state index >= 15 is 0 Å². The van der Waals surface area contributed by atoms with Gasteiger partial charge in [-0.05, 0) is 37.1 Å². The minimum Gasteiger partial charge on any atom is -0.389 e. The van der Waals surface area contributed by atoms with E-state index in [-0.39, 0.29) is 17.6 Å². The van der Waals surface area contributed by atoms with Crippen molar-refractivity contribution in [2.24, 2.45) is 11.3 Å². The molecular weight excluding hydrogens is 479 g/mol. The van der Waals surface area contributed by atoms with Crippen molar-refractivity contribution in [2.75, 3.05) is 12.4 Å². The highest BCUT2D eigenvalue weighted by Gasteiger charge is 2.75. The van der Waals surface area contributed by atoms with Crippen LogP contribution in [0, 0.1) is 24.1 Å². The highest BCUT2D eigenvalue weighted by molar-refractivity contribution is 5.88. The molecule has 2 aliphatic carbocycles. The van der Waals surface area contributed by atoms with Crippen LogP contribution in [0.3, 0.4) is 0 Å². The van der Waals surface area contributed by atoms with Gasteiger partial charge in [0.25, 0.3) is 0 Å². The van der Waals surface area contributed by atoms with Gasteiger partial charge in [-0.25, -0.2) is 19.3 Å². The maximum atomic E-state index is 14.0. The fourth-order valence-corrected chi connectivity index (χ4v) is 5.58. The van der Waals surface area contributed by atoms with Crippen molar-refractivity contribution >= 4 is 22.9 Å². The predicted molar refractivity (Wildman–Crippen MR) is 130 cm³/mol. The number of fused-ring (bicyclic) bond motifs is 2. The first-order chi connectivity index (χ1) is 17.8. The Balaban J connectivity index is 1.45. The van der Waals surface area contributed by atoms with Crippen molar-refractivity contribution in [2.45, 2.75) is 38.1 Å². The zero-order valence-corrected chi connectivity index (χ0v) is 20.1. The summed E-state index contributed by atoms with van der Waals surface area (Å²) < 4.78 is 15.7. The summed E-state index contributed by atoms with van der Waals surface area (Å²) >= 11 is 0. The lowest BCUT2D eigenvalue weighted by molar-refractivity contribution is -0.132. The van der Waals surface area contributed by atoms with Crippen LogP contribution in [0.1, 0.15) is 23.7 Å². The number of anilines is 1. The van der Waals surface area contributed by atoms with Crippen LogP contribution in [0.2, 0.25) is 0 Å². The molecule has 2 aliphatic rings. The van der Waals surface area contributed by atoms with Crippen molar-refractivity contribution in [3.63, 3.8) is 0 Å². The SMILES string of the molecule is CNC(=O)[C@@]12CC1C(n1cnc3c(NCc4cc(C)ccn4)nc(-c4cncc(F)c4)nc31)[C@H](O)[C@@H]2O. The van der Waals surface area contributed by atoms with Gasteiger partial charge in [-0.3, -0.25) is 14.8 Å². The van der Waals surface area contributed by atoms with Gasteiger partial charge in [0.1, 0.15) is 17.4 Å². The second-order valence-corrected chi connectivity index (χ2v) is 9.65. The number of carbonyl (C=O) groups is 1. The third-order valence-corrected chi connectivity index (χ3v) is 7.44. The maximum absolute atomic E-state index is 14.0. The second-order valence-electron chi connectivity index (χ2n) is 9.65. The zero-order valence-electron chi connectivity index (χ0n) is 20.1. The van der Waals surface area contributed by atoms with Crippen LogP contribution >= 0.6 is 0 Å². The molecule has 0 bridgehead atoms. The van der Waals surface area contributed by atoms with Crippen LogP contribution in [0.15, 0.2) is 43.1 Å². The number of amides is 1. The van der Waals surface area contributed by atoms with Gasteiger partial charge in [-0.15, -0.1) is 0 Å². The molecule has 0 radical (unpaired) electrons. The molecule has 4 aromatic rings. The molecule has 4 aromatic heterocycles. The van der Waals surface area contributed by atoms with E-state index in [0.717, 1.165) is 17.5 Å². The second kappa shape index (κ2) is 8.53. The number of nitrogens with one attached hydrogen (secondary N) is 2. The third kappa shape index (κ3) is 3.63. The number of pyridine rings is 2. The van der Waals surface area contributed by atoms with Gasteiger partial charge in [0.2, 0.25) is 5.91 Å². The van der Waals surface area contributed by atoms with Crippen LogP contribution in [-0.4, -0.2) is 64.9 Å². The molecule has 2 saturated carbocycles. The summed E-state index contributed by atoms with van der Waals surface area (Å²) in [5.41, 5.74) is 1.99. The largest absolute Gasteiger partial charge is 0.389 e. The van der Waals surface area contributed by atoms with E-state index in [1.54, 1.807) is 10.8 Å². The lowest BCUT2D eigenvalue weighted by Gasteiger charge is -2.23. The molecule has 6 rings (SSSR count). The molecule has 4 N–H and O–H groups in total. The molecule has 0 aliphatic heterocycles. The summed E-state index contributed by atoms with van der Waals surface area (Å²) in [6.07, 6.45) is 3.82. The molecule has 4 heterocycles. The fraction of sp³-hybridized carbons (Fsp3) is 0.360. The molecule has 12 heteroatoms. The first-order valence-electron chi connectivity index (χ1n) is 11.9. The van der Waals surface area contributed by atoms with Crippen LogP contribution in [0.5, 0.6) is 0 Å². The number of rotatable bonds is 6. The Morgan fingerprint density at radius 3 is 2.84 bits per heavy atom. The van der Waals surface area contributed by atoms with Gasteiger partial charge in [0.05, 0.1) is 42.3 Å². The monoisotopic (exact) mass is 504 g/mol. The van der Waals surface area contributed by atoms with Gasteiger partial charge >= 0.3 is 0 Å². The normalized spacial score (nSPS) is 26.2. The summed E-state index contributed by atoms with van der Waals surface area (Å²) in [6.45, 7) is 2.33. The molecule has 1 amide bonds. The van der Waals surface area contributed by atoms with E-state index < -0.39 is 29.5 Å². The topological polar surface area (TPSA) is 151 Å². The molecule has 0 aromatic carbocycles. The first kappa shape index (κ1) is 23.4. The molecular formula is C25H25FN8O3. The van der Waals surface area contributed by atoms with E-state index in [0.29, 0.717) is 35.5 Å². The maximum Gasteiger partial charge on any atom is 0.229 e. The Morgan fingerprint density at radius 2 is 2.08 bits per heavy atom. The Bertz CT molecular complexity index is 1530. The van der Waals surface area contributed by atoms with Gasteiger partial charge in [0, 0.05) is 30.9 Å². The molecule has 37 heavy (non-hydrogen) atoms. The quantitative estimate of drug-likeness (QED) is 0.305. The minimum absolute atomic E-state index is 0.211. The number of carbonyl (C=O) groups excluding carboxylic acids is 1. The lowest BCUT2D eigenvalue weighted by Crippen LogP contribution is -2.41. The van der Waals surface area contributed by atoms with Crippen LogP contribution in [-0.2, 0) is 11.3 Å². The Morgan fingerprint density at radius 1 is 1.24 bits per heavy atom. The highest BCUT2D eigenvalue weighted by atomic mass is 19.1. The number of imidazole rings is 1. The van der Waals surface area contributed by atoms with Crippen molar-refractivity contribution in [3.8, 4) is 11.4 Å². The van der Waals surface area contributed by atoms with E-state index in [2.05, 4.69) is 35.6 Å². The lowest BCUT2D eigenvalue weighted by atomic mass is 9.98. The zero-order chi connectivity index (χ0) is 25.9.